The van der Waals surface area contributed by atoms with Crippen molar-refractivity contribution in [3.63, 3.8) is 0 Å². The lowest BCUT2D eigenvalue weighted by Crippen LogP contribution is -2.19. The van der Waals surface area contributed by atoms with Crippen LogP contribution in [0.15, 0.2) is 6.20 Å². The summed E-state index contributed by atoms with van der Waals surface area (Å²) in [7, 11) is 4.00. The summed E-state index contributed by atoms with van der Waals surface area (Å²) in [6.45, 7) is 2.67. The molecule has 4 nitrogen and oxygen atoms in total. The van der Waals surface area contributed by atoms with Crippen LogP contribution in [0.25, 0.3) is 0 Å². The molecular weight excluding hydrogens is 190 g/mol. The Hall–Kier alpha value is -0.870. The molecule has 1 saturated heterocycles. The predicted molar refractivity (Wildman–Crippen MR) is 58.8 cm³/mol. The van der Waals surface area contributed by atoms with Crippen LogP contribution in [0, 0.1) is 0 Å². The molecule has 1 aliphatic heterocycles. The van der Waals surface area contributed by atoms with E-state index in [4.69, 9.17) is 4.74 Å². The fraction of sp³-hybridized carbons (Fsp3) is 0.727. The van der Waals surface area contributed by atoms with Crippen LogP contribution < -0.4 is 5.32 Å². The molecule has 0 atom stereocenters. The second-order valence-electron chi connectivity index (χ2n) is 4.10. The molecule has 0 radical (unpaired) electrons. The molecule has 0 amide bonds. The van der Waals surface area contributed by atoms with Gasteiger partial charge < -0.3 is 10.1 Å². The van der Waals surface area contributed by atoms with Gasteiger partial charge in [0.15, 0.2) is 0 Å². The van der Waals surface area contributed by atoms with Crippen LogP contribution in [-0.2, 0) is 18.3 Å². The molecule has 1 aromatic rings. The van der Waals surface area contributed by atoms with Crippen molar-refractivity contribution in [1.29, 1.82) is 0 Å². The first-order chi connectivity index (χ1) is 7.33. The van der Waals surface area contributed by atoms with E-state index >= 15 is 0 Å². The lowest BCUT2D eigenvalue weighted by Gasteiger charge is -2.23. The SMILES string of the molecule is CNCc1cnn(C)c1C1CCOCC1. The minimum atomic E-state index is 0.620. The minimum absolute atomic E-state index is 0.620. The number of hydrogen-bond acceptors (Lipinski definition) is 3. The maximum Gasteiger partial charge on any atom is 0.0537 e. The first-order valence-electron chi connectivity index (χ1n) is 5.56. The molecule has 15 heavy (non-hydrogen) atoms. The van der Waals surface area contributed by atoms with Crippen molar-refractivity contribution < 1.29 is 4.74 Å². The van der Waals surface area contributed by atoms with Crippen LogP contribution in [0.2, 0.25) is 0 Å². The zero-order chi connectivity index (χ0) is 10.7. The molecule has 0 unspecified atom stereocenters. The molecule has 84 valence electrons. The van der Waals surface area contributed by atoms with Crippen molar-refractivity contribution >= 4 is 0 Å². The summed E-state index contributed by atoms with van der Waals surface area (Å²) in [5.41, 5.74) is 2.71. The Bertz CT molecular complexity index is 316. The maximum absolute atomic E-state index is 5.39. The summed E-state index contributed by atoms with van der Waals surface area (Å²) in [6.07, 6.45) is 4.22. The van der Waals surface area contributed by atoms with Gasteiger partial charge in [0.1, 0.15) is 0 Å². The zero-order valence-corrected chi connectivity index (χ0v) is 9.49. The molecule has 0 aliphatic carbocycles. The second kappa shape index (κ2) is 4.77. The Morgan fingerprint density at radius 1 is 1.53 bits per heavy atom. The van der Waals surface area contributed by atoms with Gasteiger partial charge in [-0.1, -0.05) is 0 Å². The molecule has 4 heteroatoms. The Morgan fingerprint density at radius 2 is 2.27 bits per heavy atom. The van der Waals surface area contributed by atoms with Gasteiger partial charge in [0, 0.05) is 44.0 Å². The van der Waals surface area contributed by atoms with E-state index in [1.54, 1.807) is 0 Å². The van der Waals surface area contributed by atoms with Gasteiger partial charge in [-0.05, 0) is 19.9 Å². The highest BCUT2D eigenvalue weighted by Crippen LogP contribution is 2.28. The van der Waals surface area contributed by atoms with Crippen LogP contribution in [0.1, 0.15) is 30.0 Å². The first-order valence-corrected chi connectivity index (χ1v) is 5.56. The van der Waals surface area contributed by atoms with Crippen molar-refractivity contribution in [3.8, 4) is 0 Å². The van der Waals surface area contributed by atoms with Crippen molar-refractivity contribution in [2.75, 3.05) is 20.3 Å². The van der Waals surface area contributed by atoms with Gasteiger partial charge in [0.25, 0.3) is 0 Å². The van der Waals surface area contributed by atoms with E-state index in [2.05, 4.69) is 10.4 Å². The monoisotopic (exact) mass is 209 g/mol. The molecule has 0 saturated carbocycles. The van der Waals surface area contributed by atoms with Gasteiger partial charge in [-0.15, -0.1) is 0 Å². The minimum Gasteiger partial charge on any atom is -0.381 e. The highest BCUT2D eigenvalue weighted by molar-refractivity contribution is 5.22. The van der Waals surface area contributed by atoms with E-state index < -0.39 is 0 Å². The Labute approximate surface area is 90.6 Å². The van der Waals surface area contributed by atoms with Crippen molar-refractivity contribution in [2.45, 2.75) is 25.3 Å². The smallest absolute Gasteiger partial charge is 0.0537 e. The standard InChI is InChI=1S/C11H19N3O/c1-12-7-10-8-13-14(2)11(10)9-3-5-15-6-4-9/h8-9,12H,3-7H2,1-2H3. The number of aryl methyl sites for hydroxylation is 1. The van der Waals surface area contributed by atoms with E-state index in [1.807, 2.05) is 25.0 Å². The Morgan fingerprint density at radius 3 is 2.93 bits per heavy atom. The summed E-state index contributed by atoms with van der Waals surface area (Å²) in [5.74, 6) is 0.620. The average Bonchev–Trinajstić information content (AvgIpc) is 2.62. The molecule has 1 fully saturated rings. The van der Waals surface area contributed by atoms with Crippen LogP contribution in [-0.4, -0.2) is 30.0 Å². The molecule has 2 heterocycles. The number of rotatable bonds is 3. The second-order valence-corrected chi connectivity index (χ2v) is 4.10. The third-order valence-corrected chi connectivity index (χ3v) is 3.04. The summed E-state index contributed by atoms with van der Waals surface area (Å²) in [6, 6.07) is 0. The third kappa shape index (κ3) is 2.21. The van der Waals surface area contributed by atoms with Gasteiger partial charge in [-0.25, -0.2) is 0 Å². The fourth-order valence-corrected chi connectivity index (χ4v) is 2.32. The van der Waals surface area contributed by atoms with Gasteiger partial charge >= 0.3 is 0 Å². The molecule has 0 spiro atoms. The number of ether oxygens (including phenoxy) is 1. The lowest BCUT2D eigenvalue weighted by atomic mass is 9.93. The van der Waals surface area contributed by atoms with Crippen molar-refractivity contribution in [2.24, 2.45) is 7.05 Å². The summed E-state index contributed by atoms with van der Waals surface area (Å²) >= 11 is 0. The number of hydrogen-bond donors (Lipinski definition) is 1. The lowest BCUT2D eigenvalue weighted by molar-refractivity contribution is 0.0835. The summed E-state index contributed by atoms with van der Waals surface area (Å²) in [5, 5.41) is 7.54. The van der Waals surface area contributed by atoms with Gasteiger partial charge in [0.2, 0.25) is 0 Å². The molecule has 2 rings (SSSR count). The van der Waals surface area contributed by atoms with Crippen molar-refractivity contribution in [1.82, 2.24) is 15.1 Å². The Kier molecular flexibility index (Phi) is 3.38. The average molecular weight is 209 g/mol. The first kappa shape index (κ1) is 10.6. The zero-order valence-electron chi connectivity index (χ0n) is 9.49. The molecule has 1 aliphatic rings. The topological polar surface area (TPSA) is 39.1 Å². The molecule has 1 N–H and O–H groups in total. The van der Waals surface area contributed by atoms with Crippen LogP contribution in [0.4, 0.5) is 0 Å². The fourth-order valence-electron chi connectivity index (χ4n) is 2.32. The van der Waals surface area contributed by atoms with Crippen LogP contribution >= 0.6 is 0 Å². The largest absolute Gasteiger partial charge is 0.381 e. The predicted octanol–water partition coefficient (Wildman–Crippen LogP) is 1.03. The normalized spacial score (nSPS) is 18.3. The number of aromatic nitrogens is 2. The van der Waals surface area contributed by atoms with Gasteiger partial charge in [-0.3, -0.25) is 4.68 Å². The van der Waals surface area contributed by atoms with E-state index in [1.165, 1.54) is 11.3 Å². The van der Waals surface area contributed by atoms with E-state index in [0.29, 0.717) is 5.92 Å². The molecule has 0 bridgehead atoms. The highest BCUT2D eigenvalue weighted by atomic mass is 16.5. The number of nitrogens with one attached hydrogen (secondary N) is 1. The van der Waals surface area contributed by atoms with Crippen LogP contribution in [0.3, 0.4) is 0 Å². The third-order valence-electron chi connectivity index (χ3n) is 3.04. The maximum atomic E-state index is 5.39. The molecule has 1 aromatic heterocycles. The highest BCUT2D eigenvalue weighted by Gasteiger charge is 2.21. The summed E-state index contributed by atoms with van der Waals surface area (Å²) < 4.78 is 7.41. The van der Waals surface area contributed by atoms with E-state index in [0.717, 1.165) is 32.6 Å². The quantitative estimate of drug-likeness (QED) is 0.808. The van der Waals surface area contributed by atoms with E-state index in [9.17, 15) is 0 Å². The Balaban J connectivity index is 2.19. The van der Waals surface area contributed by atoms with Gasteiger partial charge in [-0.2, -0.15) is 5.10 Å². The number of nitrogens with zero attached hydrogens (tertiary/aromatic N) is 2. The molecular formula is C11H19N3O. The molecule has 0 aromatic carbocycles. The van der Waals surface area contributed by atoms with Gasteiger partial charge in [0.05, 0.1) is 6.20 Å². The summed E-state index contributed by atoms with van der Waals surface area (Å²) in [4.78, 5) is 0. The van der Waals surface area contributed by atoms with Crippen LogP contribution in [0.5, 0.6) is 0 Å². The van der Waals surface area contributed by atoms with Crippen molar-refractivity contribution in [3.05, 3.63) is 17.5 Å². The van der Waals surface area contributed by atoms with E-state index in [-0.39, 0.29) is 0 Å².